The highest BCUT2D eigenvalue weighted by atomic mass is 16.6. The van der Waals surface area contributed by atoms with Crippen molar-refractivity contribution in [3.63, 3.8) is 0 Å². The maximum atomic E-state index is 12.9. The van der Waals surface area contributed by atoms with Crippen molar-refractivity contribution in [1.29, 1.82) is 0 Å². The van der Waals surface area contributed by atoms with Gasteiger partial charge in [-0.25, -0.2) is 0 Å². The van der Waals surface area contributed by atoms with Gasteiger partial charge in [0, 0.05) is 19.3 Å². The van der Waals surface area contributed by atoms with Gasteiger partial charge < -0.3 is 14.2 Å². The molecule has 470 valence electrons. The van der Waals surface area contributed by atoms with E-state index in [1.165, 1.54) is 244 Å². The average molecular weight is 1130 g/mol. The summed E-state index contributed by atoms with van der Waals surface area (Å²) < 4.78 is 17.0. The molecule has 0 heterocycles. The fourth-order valence-electron chi connectivity index (χ4n) is 10.3. The molecule has 1 unspecified atom stereocenters. The first-order valence-corrected chi connectivity index (χ1v) is 35.4. The molecule has 0 radical (unpaired) electrons. The molecule has 0 aliphatic rings. The molecule has 0 N–H and O–H groups in total. The highest BCUT2D eigenvalue weighted by molar-refractivity contribution is 5.71. The van der Waals surface area contributed by atoms with Crippen LogP contribution in [0.25, 0.3) is 0 Å². The summed E-state index contributed by atoms with van der Waals surface area (Å²) in [5.74, 6) is -0.871. The Kier molecular flexibility index (Phi) is 66.6. The van der Waals surface area contributed by atoms with Crippen molar-refractivity contribution in [2.75, 3.05) is 13.2 Å². The number of carbonyl (C=O) groups is 3. The minimum Gasteiger partial charge on any atom is -0.462 e. The summed E-state index contributed by atoms with van der Waals surface area (Å²) in [7, 11) is 0. The first kappa shape index (κ1) is 77.9. The van der Waals surface area contributed by atoms with Crippen LogP contribution in [0.5, 0.6) is 0 Å². The van der Waals surface area contributed by atoms with E-state index >= 15 is 0 Å². The van der Waals surface area contributed by atoms with Gasteiger partial charge in [0.15, 0.2) is 6.10 Å². The summed E-state index contributed by atoms with van der Waals surface area (Å²) in [4.78, 5) is 38.4. The molecule has 81 heavy (non-hydrogen) atoms. The van der Waals surface area contributed by atoms with Crippen LogP contribution in [0.4, 0.5) is 0 Å². The maximum Gasteiger partial charge on any atom is 0.306 e. The van der Waals surface area contributed by atoms with Crippen LogP contribution in [-0.2, 0) is 28.6 Å². The van der Waals surface area contributed by atoms with Gasteiger partial charge in [0.2, 0.25) is 0 Å². The number of esters is 3. The van der Waals surface area contributed by atoms with Crippen LogP contribution in [0.1, 0.15) is 367 Å². The molecule has 0 aromatic heterocycles. The van der Waals surface area contributed by atoms with Crippen LogP contribution >= 0.6 is 0 Å². The molecule has 0 aromatic carbocycles. The predicted octanol–water partition coefficient (Wildman–Crippen LogP) is 24.4. The van der Waals surface area contributed by atoms with Gasteiger partial charge in [0.05, 0.1) is 0 Å². The second-order valence-electron chi connectivity index (χ2n) is 23.8. The van der Waals surface area contributed by atoms with E-state index in [1.54, 1.807) is 0 Å². The molecule has 0 saturated heterocycles. The second kappa shape index (κ2) is 69.3. The van der Waals surface area contributed by atoms with Gasteiger partial charge in [-0.3, -0.25) is 14.4 Å². The SMILES string of the molecule is CCCC/C=C\CCCCCCCC(=O)OCC(COC(=O)CCCCCCCCCCCCCC/C=C\C/C=C\C/C=C\CCCCCCC)OC(=O)CCCCCCCCCCCCCCC/C=C\C/C=C\CCCCCCC. The molecule has 1 atom stereocenters. The Hall–Kier alpha value is -3.15. The third-order valence-corrected chi connectivity index (χ3v) is 15.7. The minimum atomic E-state index is -0.780. The lowest BCUT2D eigenvalue weighted by Gasteiger charge is -2.18. The largest absolute Gasteiger partial charge is 0.462 e. The van der Waals surface area contributed by atoms with Crippen LogP contribution in [0.2, 0.25) is 0 Å². The lowest BCUT2D eigenvalue weighted by Crippen LogP contribution is -2.30. The minimum absolute atomic E-state index is 0.0767. The number of hydrogen-bond acceptors (Lipinski definition) is 6. The molecule has 6 heteroatoms. The van der Waals surface area contributed by atoms with Gasteiger partial charge >= 0.3 is 17.9 Å². The van der Waals surface area contributed by atoms with Crippen molar-refractivity contribution in [3.8, 4) is 0 Å². The number of carbonyl (C=O) groups excluding carboxylic acids is 3. The number of allylic oxidation sites excluding steroid dienone is 12. The molecule has 0 rings (SSSR count). The topological polar surface area (TPSA) is 78.9 Å². The van der Waals surface area contributed by atoms with E-state index in [9.17, 15) is 14.4 Å². The van der Waals surface area contributed by atoms with E-state index < -0.39 is 6.10 Å². The zero-order valence-electron chi connectivity index (χ0n) is 54.1. The zero-order valence-corrected chi connectivity index (χ0v) is 54.1. The van der Waals surface area contributed by atoms with Gasteiger partial charge in [0.1, 0.15) is 13.2 Å². The third-order valence-electron chi connectivity index (χ3n) is 15.7. The summed E-state index contributed by atoms with van der Waals surface area (Å²) in [6, 6.07) is 0. The molecule has 0 spiro atoms. The number of hydrogen-bond donors (Lipinski definition) is 0. The monoisotopic (exact) mass is 1130 g/mol. The summed E-state index contributed by atoms with van der Waals surface area (Å²) >= 11 is 0. The molecule has 0 aliphatic carbocycles. The first-order chi connectivity index (χ1) is 40.0. The number of ether oxygens (including phenoxy) is 3. The van der Waals surface area contributed by atoms with E-state index in [2.05, 4.69) is 93.7 Å². The lowest BCUT2D eigenvalue weighted by molar-refractivity contribution is -0.167. The Bertz CT molecular complexity index is 1490. The fourth-order valence-corrected chi connectivity index (χ4v) is 10.3. The molecule has 0 aliphatic heterocycles. The molecule has 0 amide bonds. The predicted molar refractivity (Wildman–Crippen MR) is 353 cm³/mol. The number of unbranched alkanes of at least 4 members (excludes halogenated alkanes) is 42. The van der Waals surface area contributed by atoms with E-state index in [1.807, 2.05) is 0 Å². The Morgan fingerprint density at radius 2 is 0.457 bits per heavy atom. The smallest absolute Gasteiger partial charge is 0.306 e. The van der Waals surface area contributed by atoms with Gasteiger partial charge in [-0.05, 0) is 109 Å². The van der Waals surface area contributed by atoms with Crippen LogP contribution in [-0.4, -0.2) is 37.2 Å². The lowest BCUT2D eigenvalue weighted by atomic mass is 10.0. The summed E-state index contributed by atoms with van der Waals surface area (Å²) in [6.45, 7) is 6.62. The number of rotatable bonds is 65. The van der Waals surface area contributed by atoms with Gasteiger partial charge in [-0.2, -0.15) is 0 Å². The maximum absolute atomic E-state index is 12.9. The quantitative estimate of drug-likeness (QED) is 0.0261. The van der Waals surface area contributed by atoms with Crippen LogP contribution in [0, 0.1) is 0 Å². The summed E-state index contributed by atoms with van der Waals surface area (Å²) in [6.07, 6.45) is 90.8. The second-order valence-corrected chi connectivity index (χ2v) is 23.8. The highest BCUT2D eigenvalue weighted by Gasteiger charge is 2.19. The molecule has 0 aromatic rings. The van der Waals surface area contributed by atoms with E-state index in [0.29, 0.717) is 19.3 Å². The van der Waals surface area contributed by atoms with Crippen LogP contribution in [0.15, 0.2) is 72.9 Å². The summed E-state index contributed by atoms with van der Waals surface area (Å²) in [5.41, 5.74) is 0. The molecular weight excluding hydrogens is 997 g/mol. The summed E-state index contributed by atoms with van der Waals surface area (Å²) in [5, 5.41) is 0. The molecule has 0 saturated carbocycles. The first-order valence-electron chi connectivity index (χ1n) is 35.4. The Morgan fingerprint density at radius 3 is 0.741 bits per heavy atom. The molecular formula is C75H134O6. The van der Waals surface area contributed by atoms with E-state index in [4.69, 9.17) is 14.2 Å². The van der Waals surface area contributed by atoms with Crippen molar-refractivity contribution in [1.82, 2.24) is 0 Å². The van der Waals surface area contributed by atoms with Crippen molar-refractivity contribution in [3.05, 3.63) is 72.9 Å². The van der Waals surface area contributed by atoms with Crippen molar-refractivity contribution in [2.24, 2.45) is 0 Å². The Morgan fingerprint density at radius 1 is 0.247 bits per heavy atom. The zero-order chi connectivity index (χ0) is 58.5. The van der Waals surface area contributed by atoms with Crippen molar-refractivity contribution >= 4 is 17.9 Å². The van der Waals surface area contributed by atoms with E-state index in [0.717, 1.165) is 83.5 Å². The Balaban J connectivity index is 4.21. The van der Waals surface area contributed by atoms with E-state index in [-0.39, 0.29) is 31.1 Å². The molecule has 0 bridgehead atoms. The van der Waals surface area contributed by atoms with Crippen molar-refractivity contribution < 1.29 is 28.6 Å². The third kappa shape index (κ3) is 67.5. The molecule has 6 nitrogen and oxygen atoms in total. The van der Waals surface area contributed by atoms with Crippen LogP contribution < -0.4 is 0 Å². The highest BCUT2D eigenvalue weighted by Crippen LogP contribution is 2.17. The fraction of sp³-hybridized carbons (Fsp3) is 0.800. The normalized spacial score (nSPS) is 12.5. The average Bonchev–Trinajstić information content (AvgIpc) is 3.47. The van der Waals surface area contributed by atoms with Crippen molar-refractivity contribution in [2.45, 2.75) is 374 Å². The van der Waals surface area contributed by atoms with Gasteiger partial charge in [-0.15, -0.1) is 0 Å². The van der Waals surface area contributed by atoms with Gasteiger partial charge in [0.25, 0.3) is 0 Å². The van der Waals surface area contributed by atoms with Gasteiger partial charge in [-0.1, -0.05) is 312 Å². The van der Waals surface area contributed by atoms with Crippen LogP contribution in [0.3, 0.4) is 0 Å². The standard InChI is InChI=1S/C75H134O6/c1-4-7-10-13-16-19-22-24-26-28-30-32-34-36-37-39-40-42-44-46-48-50-53-56-59-62-65-68-74(77)80-71-72(70-79-73(76)67-64-61-58-55-52-21-18-15-12-9-6-3)81-75(78)69-66-63-60-57-54-51-49-47-45-43-41-38-35-33-31-29-27-25-23-20-17-14-11-8-5-2/h15,18,22-25,28-31,34,36,72H,4-14,16-17,19-21,26-27,32-33,35,37-71H2,1-3H3/b18-15-,24-22-,25-23-,30-28-,31-29-,36-34-. The molecule has 0 fully saturated rings. The Labute approximate surface area is 503 Å².